The van der Waals surface area contributed by atoms with E-state index >= 15 is 0 Å². The van der Waals surface area contributed by atoms with Gasteiger partial charge in [-0.2, -0.15) is 0 Å². The molecule has 1 aromatic rings. The lowest BCUT2D eigenvalue weighted by Gasteiger charge is -2.39. The summed E-state index contributed by atoms with van der Waals surface area (Å²) in [6.07, 6.45) is 0.785. The van der Waals surface area contributed by atoms with Gasteiger partial charge in [-0.1, -0.05) is 31.5 Å². The summed E-state index contributed by atoms with van der Waals surface area (Å²) >= 11 is 5.85. The molecule has 0 radical (unpaired) electrons. The molecule has 6 heteroatoms. The maximum atomic E-state index is 12.4. The van der Waals surface area contributed by atoms with Crippen LogP contribution in [-0.4, -0.2) is 27.5 Å². The van der Waals surface area contributed by atoms with Crippen LogP contribution in [0.5, 0.6) is 0 Å². The van der Waals surface area contributed by atoms with Crippen LogP contribution in [0.25, 0.3) is 0 Å². The highest BCUT2D eigenvalue weighted by Crippen LogP contribution is 2.27. The zero-order chi connectivity index (χ0) is 14.1. The van der Waals surface area contributed by atoms with Gasteiger partial charge in [-0.05, 0) is 36.6 Å². The van der Waals surface area contributed by atoms with E-state index in [9.17, 15) is 8.42 Å². The molecule has 4 nitrogen and oxygen atoms in total. The van der Waals surface area contributed by atoms with Gasteiger partial charge in [-0.25, -0.2) is 13.1 Å². The maximum Gasteiger partial charge on any atom is 0.240 e. The van der Waals surface area contributed by atoms with Crippen molar-refractivity contribution < 1.29 is 8.42 Å². The molecule has 0 spiro atoms. The first kappa shape index (κ1) is 14.8. The Morgan fingerprint density at radius 3 is 2.79 bits per heavy atom. The standard InChI is InChI=1S/C13H19ClN2O2S/c1-13(2)9-15-7-6-12(13)16-19(17,18)11-5-3-4-10(14)8-11/h3-5,8,12,15-16H,6-7,9H2,1-2H3. The van der Waals surface area contributed by atoms with E-state index < -0.39 is 10.0 Å². The van der Waals surface area contributed by atoms with Crippen LogP contribution in [0.4, 0.5) is 0 Å². The molecule has 1 atom stereocenters. The van der Waals surface area contributed by atoms with Crippen molar-refractivity contribution in [3.63, 3.8) is 0 Å². The molecule has 0 bridgehead atoms. The van der Waals surface area contributed by atoms with Crippen molar-refractivity contribution >= 4 is 21.6 Å². The minimum atomic E-state index is -3.52. The van der Waals surface area contributed by atoms with E-state index in [0.717, 1.165) is 19.5 Å². The van der Waals surface area contributed by atoms with E-state index in [1.807, 2.05) is 0 Å². The third kappa shape index (κ3) is 3.48. The predicted molar refractivity (Wildman–Crippen MR) is 76.8 cm³/mol. The molecular weight excluding hydrogens is 284 g/mol. The van der Waals surface area contributed by atoms with Crippen molar-refractivity contribution in [2.24, 2.45) is 5.41 Å². The first-order valence-electron chi connectivity index (χ1n) is 6.30. The monoisotopic (exact) mass is 302 g/mol. The van der Waals surface area contributed by atoms with Gasteiger partial charge in [-0.15, -0.1) is 0 Å². The van der Waals surface area contributed by atoms with E-state index in [2.05, 4.69) is 23.9 Å². The van der Waals surface area contributed by atoms with Crippen LogP contribution in [0, 0.1) is 5.41 Å². The van der Waals surface area contributed by atoms with Crippen molar-refractivity contribution in [3.05, 3.63) is 29.3 Å². The Morgan fingerprint density at radius 1 is 1.42 bits per heavy atom. The Balaban J connectivity index is 2.22. The van der Waals surface area contributed by atoms with Gasteiger partial charge >= 0.3 is 0 Å². The fraction of sp³-hybridized carbons (Fsp3) is 0.538. The van der Waals surface area contributed by atoms with Crippen molar-refractivity contribution in [1.29, 1.82) is 0 Å². The fourth-order valence-corrected chi connectivity index (χ4v) is 4.02. The van der Waals surface area contributed by atoms with Gasteiger partial charge in [0, 0.05) is 17.6 Å². The van der Waals surface area contributed by atoms with Crippen LogP contribution in [0.2, 0.25) is 5.02 Å². The molecule has 106 valence electrons. The molecule has 19 heavy (non-hydrogen) atoms. The molecule has 1 aromatic carbocycles. The number of piperidine rings is 1. The molecule has 1 fully saturated rings. The summed E-state index contributed by atoms with van der Waals surface area (Å²) in [6, 6.07) is 6.26. The van der Waals surface area contributed by atoms with Gasteiger partial charge < -0.3 is 5.32 Å². The average Bonchev–Trinajstić information content (AvgIpc) is 2.32. The lowest BCUT2D eigenvalue weighted by Crippen LogP contribution is -2.54. The van der Waals surface area contributed by atoms with Gasteiger partial charge in [0.15, 0.2) is 0 Å². The third-order valence-electron chi connectivity index (χ3n) is 3.54. The molecule has 1 unspecified atom stereocenters. The average molecular weight is 303 g/mol. The molecular formula is C13H19ClN2O2S. The summed E-state index contributed by atoms with van der Waals surface area (Å²) < 4.78 is 27.5. The Kier molecular flexibility index (Phi) is 4.20. The van der Waals surface area contributed by atoms with Crippen LogP contribution in [-0.2, 0) is 10.0 Å². The zero-order valence-electron chi connectivity index (χ0n) is 11.1. The molecule has 2 rings (SSSR count). The minimum absolute atomic E-state index is 0.0715. The van der Waals surface area contributed by atoms with Crippen molar-refractivity contribution in [1.82, 2.24) is 10.0 Å². The molecule has 1 aliphatic heterocycles. The van der Waals surface area contributed by atoms with Gasteiger partial charge in [0.1, 0.15) is 0 Å². The number of sulfonamides is 1. The Morgan fingerprint density at radius 2 is 2.16 bits per heavy atom. The van der Waals surface area contributed by atoms with Gasteiger partial charge in [0.05, 0.1) is 4.90 Å². The van der Waals surface area contributed by atoms with Gasteiger partial charge in [-0.3, -0.25) is 0 Å². The SMILES string of the molecule is CC1(C)CNCCC1NS(=O)(=O)c1cccc(Cl)c1. The quantitative estimate of drug-likeness (QED) is 0.898. The number of benzene rings is 1. The van der Waals surface area contributed by atoms with Crippen LogP contribution < -0.4 is 10.0 Å². The second-order valence-electron chi connectivity index (χ2n) is 5.59. The highest BCUT2D eigenvalue weighted by molar-refractivity contribution is 7.89. The topological polar surface area (TPSA) is 58.2 Å². The highest BCUT2D eigenvalue weighted by atomic mass is 35.5. The number of nitrogens with one attached hydrogen (secondary N) is 2. The van der Waals surface area contributed by atoms with E-state index in [4.69, 9.17) is 11.6 Å². The number of rotatable bonds is 3. The van der Waals surface area contributed by atoms with E-state index in [1.165, 1.54) is 6.07 Å². The number of halogens is 1. The largest absolute Gasteiger partial charge is 0.316 e. The van der Waals surface area contributed by atoms with Crippen LogP contribution in [0.3, 0.4) is 0 Å². The van der Waals surface area contributed by atoms with E-state index in [1.54, 1.807) is 18.2 Å². The van der Waals surface area contributed by atoms with Gasteiger partial charge in [0.2, 0.25) is 10.0 Å². The summed E-state index contributed by atoms with van der Waals surface area (Å²) in [4.78, 5) is 0.217. The molecule has 0 aliphatic carbocycles. The van der Waals surface area contributed by atoms with Crippen molar-refractivity contribution in [2.45, 2.75) is 31.2 Å². The smallest absolute Gasteiger partial charge is 0.240 e. The first-order chi connectivity index (χ1) is 8.81. The normalized spacial score (nSPS) is 23.2. The Bertz CT molecular complexity index is 558. The summed E-state index contributed by atoms with van der Waals surface area (Å²) in [5.41, 5.74) is -0.107. The molecule has 0 saturated carbocycles. The van der Waals surface area contributed by atoms with Crippen LogP contribution >= 0.6 is 11.6 Å². The molecule has 0 aromatic heterocycles. The summed E-state index contributed by atoms with van der Waals surface area (Å²) in [5, 5.41) is 3.71. The highest BCUT2D eigenvalue weighted by Gasteiger charge is 2.35. The number of hydrogen-bond donors (Lipinski definition) is 2. The second-order valence-corrected chi connectivity index (χ2v) is 7.74. The second kappa shape index (κ2) is 5.40. The van der Waals surface area contributed by atoms with E-state index in [-0.39, 0.29) is 16.4 Å². The molecule has 1 aliphatic rings. The Hall–Kier alpha value is -0.620. The fourth-order valence-electron chi connectivity index (χ4n) is 2.28. The maximum absolute atomic E-state index is 12.4. The summed E-state index contributed by atoms with van der Waals surface area (Å²) in [5.74, 6) is 0. The van der Waals surface area contributed by atoms with Gasteiger partial charge in [0.25, 0.3) is 0 Å². The van der Waals surface area contributed by atoms with E-state index in [0.29, 0.717) is 5.02 Å². The minimum Gasteiger partial charge on any atom is -0.316 e. The van der Waals surface area contributed by atoms with Crippen molar-refractivity contribution in [2.75, 3.05) is 13.1 Å². The Labute approximate surface area is 119 Å². The molecule has 1 heterocycles. The molecule has 1 saturated heterocycles. The van der Waals surface area contributed by atoms with Crippen LogP contribution in [0.1, 0.15) is 20.3 Å². The van der Waals surface area contributed by atoms with Crippen molar-refractivity contribution in [3.8, 4) is 0 Å². The van der Waals surface area contributed by atoms with Crippen LogP contribution in [0.15, 0.2) is 29.2 Å². The summed E-state index contributed by atoms with van der Waals surface area (Å²) in [6.45, 7) is 5.75. The molecule has 0 amide bonds. The number of hydrogen-bond acceptors (Lipinski definition) is 3. The summed E-state index contributed by atoms with van der Waals surface area (Å²) in [7, 11) is -3.52. The first-order valence-corrected chi connectivity index (χ1v) is 8.16. The lowest BCUT2D eigenvalue weighted by atomic mass is 9.81. The zero-order valence-corrected chi connectivity index (χ0v) is 12.7. The lowest BCUT2D eigenvalue weighted by molar-refractivity contribution is 0.206. The third-order valence-corrected chi connectivity index (χ3v) is 5.24. The predicted octanol–water partition coefficient (Wildman–Crippen LogP) is 2.01. The molecule has 2 N–H and O–H groups in total.